The van der Waals surface area contributed by atoms with Gasteiger partial charge in [0.1, 0.15) is 0 Å². The zero-order valence-electron chi connectivity index (χ0n) is 10.2. The predicted octanol–water partition coefficient (Wildman–Crippen LogP) is 4.84. The number of hydrogen-bond donors (Lipinski definition) is 1. The summed E-state index contributed by atoms with van der Waals surface area (Å²) in [7, 11) is 0. The normalized spacial score (nSPS) is 12.4. The van der Waals surface area contributed by atoms with Crippen molar-refractivity contribution in [3.63, 3.8) is 0 Å². The number of hydrogen-bond acceptors (Lipinski definition) is 1. The highest BCUT2D eigenvalue weighted by Crippen LogP contribution is 2.23. The molecule has 0 saturated heterocycles. The lowest BCUT2D eigenvalue weighted by Crippen LogP contribution is -2.18. The fraction of sp³-hybridized carbons (Fsp3) is 0.200. The second kappa shape index (κ2) is 6.24. The predicted molar refractivity (Wildman–Crippen MR) is 78.2 cm³/mol. The molecule has 0 fully saturated rings. The highest BCUT2D eigenvalue weighted by atomic mass is 35.5. The molecule has 0 radical (unpaired) electrons. The van der Waals surface area contributed by atoms with Crippen molar-refractivity contribution in [1.82, 2.24) is 5.32 Å². The lowest BCUT2D eigenvalue weighted by atomic mass is 10.1. The van der Waals surface area contributed by atoms with Crippen LogP contribution in [0.4, 0.5) is 0 Å². The average Bonchev–Trinajstić information content (AvgIpc) is 2.38. The standard InChI is InChI=1S/C15H15Cl2N/c1-11(13-7-3-5-9-15(13)17)18-10-12-6-2-4-8-14(12)16/h2-9,11,18H,10H2,1H3/t11-/m0/s1. The molecule has 0 aliphatic carbocycles. The van der Waals surface area contributed by atoms with Crippen molar-refractivity contribution in [2.45, 2.75) is 19.5 Å². The van der Waals surface area contributed by atoms with Gasteiger partial charge in [0.05, 0.1) is 0 Å². The molecule has 0 heterocycles. The minimum Gasteiger partial charge on any atom is -0.306 e. The number of halogens is 2. The third kappa shape index (κ3) is 3.26. The van der Waals surface area contributed by atoms with E-state index in [1.165, 1.54) is 0 Å². The van der Waals surface area contributed by atoms with Crippen molar-refractivity contribution >= 4 is 23.2 Å². The van der Waals surface area contributed by atoms with Gasteiger partial charge in [-0.25, -0.2) is 0 Å². The molecule has 0 unspecified atom stereocenters. The molecule has 0 bridgehead atoms. The quantitative estimate of drug-likeness (QED) is 0.844. The van der Waals surface area contributed by atoms with E-state index in [1.54, 1.807) is 0 Å². The molecule has 94 valence electrons. The van der Waals surface area contributed by atoms with Gasteiger partial charge in [-0.2, -0.15) is 0 Å². The Balaban J connectivity index is 2.03. The van der Waals surface area contributed by atoms with E-state index in [4.69, 9.17) is 23.2 Å². The van der Waals surface area contributed by atoms with Gasteiger partial charge in [-0.05, 0) is 30.2 Å². The molecule has 3 heteroatoms. The maximum Gasteiger partial charge on any atom is 0.0453 e. The molecular weight excluding hydrogens is 265 g/mol. The number of benzene rings is 2. The summed E-state index contributed by atoms with van der Waals surface area (Å²) in [6.45, 7) is 2.82. The van der Waals surface area contributed by atoms with Gasteiger partial charge in [-0.3, -0.25) is 0 Å². The van der Waals surface area contributed by atoms with Crippen molar-refractivity contribution in [3.8, 4) is 0 Å². The molecule has 0 aliphatic heterocycles. The van der Waals surface area contributed by atoms with Crippen LogP contribution in [0.2, 0.25) is 10.0 Å². The van der Waals surface area contributed by atoms with E-state index in [0.29, 0.717) is 0 Å². The molecule has 2 rings (SSSR count). The van der Waals surface area contributed by atoms with Gasteiger partial charge in [-0.1, -0.05) is 59.6 Å². The smallest absolute Gasteiger partial charge is 0.0453 e. The topological polar surface area (TPSA) is 12.0 Å². The Morgan fingerprint density at radius 2 is 1.56 bits per heavy atom. The van der Waals surface area contributed by atoms with E-state index < -0.39 is 0 Å². The van der Waals surface area contributed by atoms with Crippen molar-refractivity contribution in [1.29, 1.82) is 0 Å². The third-order valence-corrected chi connectivity index (χ3v) is 3.64. The molecule has 0 aromatic heterocycles. The first-order chi connectivity index (χ1) is 8.68. The summed E-state index contributed by atoms with van der Waals surface area (Å²) in [5, 5.41) is 5.00. The SMILES string of the molecule is C[C@H](NCc1ccccc1Cl)c1ccccc1Cl. The van der Waals surface area contributed by atoms with Crippen LogP contribution < -0.4 is 5.32 Å². The summed E-state index contributed by atoms with van der Waals surface area (Å²) in [4.78, 5) is 0. The first-order valence-corrected chi connectivity index (χ1v) is 6.65. The van der Waals surface area contributed by atoms with Crippen LogP contribution in [0, 0.1) is 0 Å². The first kappa shape index (κ1) is 13.4. The van der Waals surface area contributed by atoms with Crippen LogP contribution in [0.3, 0.4) is 0 Å². The number of nitrogens with one attached hydrogen (secondary N) is 1. The van der Waals surface area contributed by atoms with Crippen LogP contribution in [0.1, 0.15) is 24.1 Å². The van der Waals surface area contributed by atoms with Crippen molar-refractivity contribution in [3.05, 3.63) is 69.7 Å². The summed E-state index contributed by atoms with van der Waals surface area (Å²) < 4.78 is 0. The highest BCUT2D eigenvalue weighted by Gasteiger charge is 2.08. The maximum absolute atomic E-state index is 6.17. The summed E-state index contributed by atoms with van der Waals surface area (Å²) in [5.41, 5.74) is 2.20. The zero-order valence-corrected chi connectivity index (χ0v) is 11.7. The lowest BCUT2D eigenvalue weighted by molar-refractivity contribution is 0.575. The molecule has 1 N–H and O–H groups in total. The first-order valence-electron chi connectivity index (χ1n) is 5.89. The summed E-state index contributed by atoms with van der Waals surface area (Å²) in [6, 6.07) is 15.9. The second-order valence-corrected chi connectivity index (χ2v) is 5.03. The average molecular weight is 280 g/mol. The Labute approximate surface area is 118 Å². The minimum absolute atomic E-state index is 0.190. The van der Waals surface area contributed by atoms with Gasteiger partial charge in [0.25, 0.3) is 0 Å². The van der Waals surface area contributed by atoms with Crippen LogP contribution in [-0.2, 0) is 6.54 Å². The molecule has 2 aromatic rings. The van der Waals surface area contributed by atoms with Crippen molar-refractivity contribution < 1.29 is 0 Å². The van der Waals surface area contributed by atoms with Gasteiger partial charge in [0.15, 0.2) is 0 Å². The summed E-state index contributed by atoms with van der Waals surface area (Å²) in [5.74, 6) is 0. The van der Waals surface area contributed by atoms with Crippen molar-refractivity contribution in [2.24, 2.45) is 0 Å². The maximum atomic E-state index is 6.17. The van der Waals surface area contributed by atoms with Gasteiger partial charge in [0, 0.05) is 22.6 Å². The molecule has 0 aliphatic rings. The van der Waals surface area contributed by atoms with Crippen LogP contribution in [-0.4, -0.2) is 0 Å². The Bertz CT molecular complexity index is 525. The Morgan fingerprint density at radius 1 is 0.944 bits per heavy atom. The summed E-state index contributed by atoms with van der Waals surface area (Å²) >= 11 is 12.3. The van der Waals surface area contributed by atoms with E-state index in [0.717, 1.165) is 27.7 Å². The van der Waals surface area contributed by atoms with E-state index >= 15 is 0 Å². The Kier molecular flexibility index (Phi) is 4.65. The second-order valence-electron chi connectivity index (χ2n) is 4.22. The monoisotopic (exact) mass is 279 g/mol. The Morgan fingerprint density at radius 3 is 2.22 bits per heavy atom. The molecule has 2 aromatic carbocycles. The molecule has 1 atom stereocenters. The van der Waals surface area contributed by atoms with E-state index in [1.807, 2.05) is 48.5 Å². The van der Waals surface area contributed by atoms with Crippen LogP contribution in [0.5, 0.6) is 0 Å². The fourth-order valence-electron chi connectivity index (χ4n) is 1.84. The van der Waals surface area contributed by atoms with E-state index in [-0.39, 0.29) is 6.04 Å². The third-order valence-electron chi connectivity index (χ3n) is 2.93. The largest absolute Gasteiger partial charge is 0.306 e. The fourth-order valence-corrected chi connectivity index (χ4v) is 2.34. The van der Waals surface area contributed by atoms with Crippen molar-refractivity contribution in [2.75, 3.05) is 0 Å². The minimum atomic E-state index is 0.190. The zero-order chi connectivity index (χ0) is 13.0. The molecule has 1 nitrogen and oxygen atoms in total. The molecule has 18 heavy (non-hydrogen) atoms. The van der Waals surface area contributed by atoms with Crippen LogP contribution in [0.15, 0.2) is 48.5 Å². The molecule has 0 spiro atoms. The van der Waals surface area contributed by atoms with Gasteiger partial charge in [0.2, 0.25) is 0 Å². The number of rotatable bonds is 4. The Hall–Kier alpha value is -1.02. The summed E-state index contributed by atoms with van der Waals surface area (Å²) in [6.07, 6.45) is 0. The lowest BCUT2D eigenvalue weighted by Gasteiger charge is -2.16. The highest BCUT2D eigenvalue weighted by molar-refractivity contribution is 6.31. The molecule has 0 saturated carbocycles. The van der Waals surface area contributed by atoms with E-state index in [2.05, 4.69) is 12.2 Å². The van der Waals surface area contributed by atoms with Gasteiger partial charge >= 0.3 is 0 Å². The molecular formula is C15H15Cl2N. The van der Waals surface area contributed by atoms with Gasteiger partial charge < -0.3 is 5.32 Å². The van der Waals surface area contributed by atoms with Gasteiger partial charge in [-0.15, -0.1) is 0 Å². The van der Waals surface area contributed by atoms with Crippen LogP contribution >= 0.6 is 23.2 Å². The molecule has 0 amide bonds. The van der Waals surface area contributed by atoms with E-state index in [9.17, 15) is 0 Å². The van der Waals surface area contributed by atoms with Crippen LogP contribution in [0.25, 0.3) is 0 Å².